The molecule has 8 atom stereocenters. The van der Waals surface area contributed by atoms with Crippen molar-refractivity contribution >= 4 is 74.0 Å². The molecule has 8 unspecified atom stereocenters. The number of phenols is 1. The van der Waals surface area contributed by atoms with Gasteiger partial charge < -0.3 is 35.3 Å². The van der Waals surface area contributed by atoms with Crippen LogP contribution in [0.2, 0.25) is 0 Å². The lowest BCUT2D eigenvalue weighted by atomic mass is 9.95. The monoisotopic (exact) mass is 1010 g/mol. The molecule has 0 aromatic heterocycles. The Bertz CT molecular complexity index is 2180. The number of carbonyl (C=O) groups is 7. The van der Waals surface area contributed by atoms with Crippen molar-refractivity contribution in [3.8, 4) is 5.75 Å². The molecule has 5 rings (SSSR count). The number of Topliss-reactive ketones (excluding diaryl/α,β-unsaturated/α-hetero) is 1. The van der Waals surface area contributed by atoms with Gasteiger partial charge >= 0.3 is 0 Å². The van der Waals surface area contributed by atoms with Crippen LogP contribution in [0.3, 0.4) is 0 Å². The van der Waals surface area contributed by atoms with Gasteiger partial charge in [-0.1, -0.05) is 84.9 Å². The molecule has 0 radical (unpaired) electrons. The Labute approximate surface area is 408 Å². The van der Waals surface area contributed by atoms with Crippen LogP contribution in [-0.4, -0.2) is 146 Å². The van der Waals surface area contributed by atoms with Crippen LogP contribution in [0.5, 0.6) is 5.75 Å². The minimum Gasteiger partial charge on any atom is -0.507 e. The number of aromatic hydroxyl groups is 1. The van der Waals surface area contributed by atoms with Crippen molar-refractivity contribution in [2.24, 2.45) is 22.2 Å². The Balaban J connectivity index is 1.37. The average Bonchev–Trinajstić information content (AvgIpc) is 4.07. The number of halogens is 1. The molecule has 67 heavy (non-hydrogen) atoms. The minimum absolute atomic E-state index is 0.00475. The number of hydrogen-bond donors (Lipinski definition) is 3. The maximum Gasteiger partial charge on any atom is 0.246 e. The first kappa shape index (κ1) is 53.2. The van der Waals surface area contributed by atoms with E-state index >= 15 is 0 Å². The number of ketones is 1. The first-order chi connectivity index (χ1) is 31.5. The van der Waals surface area contributed by atoms with Gasteiger partial charge in [-0.25, -0.2) is 0 Å². The Morgan fingerprint density at radius 2 is 1.52 bits per heavy atom. The summed E-state index contributed by atoms with van der Waals surface area (Å²) in [5, 5.41) is 16.6. The summed E-state index contributed by atoms with van der Waals surface area (Å²) in [5.74, 6) is -1.81. The number of nitrogens with one attached hydrogen (secondary N) is 2. The van der Waals surface area contributed by atoms with Gasteiger partial charge in [0.05, 0.1) is 21.6 Å². The fraction of sp³-hybridized carbons (Fsp3) is 0.600. The fourth-order valence-corrected chi connectivity index (χ4v) is 10.6. The maximum atomic E-state index is 14.9. The van der Waals surface area contributed by atoms with Crippen molar-refractivity contribution in [3.05, 3.63) is 64.1 Å². The largest absolute Gasteiger partial charge is 0.507 e. The number of aliphatic imine (C=N–C) groups is 1. The van der Waals surface area contributed by atoms with Gasteiger partial charge in [0.2, 0.25) is 35.4 Å². The molecule has 17 heteroatoms. The number of likely N-dealkylation sites (tertiary alicyclic amines) is 2. The minimum atomic E-state index is -0.988. The highest BCUT2D eigenvalue weighted by Gasteiger charge is 2.45. The number of rotatable bonds is 18. The third kappa shape index (κ3) is 13.3. The molecule has 366 valence electrons. The molecule has 3 N–H and O–H groups in total. The molecule has 3 aliphatic heterocycles. The summed E-state index contributed by atoms with van der Waals surface area (Å²) in [5.41, 5.74) is 0.815. The van der Waals surface area contributed by atoms with Crippen molar-refractivity contribution in [2.45, 2.75) is 143 Å². The highest BCUT2D eigenvalue weighted by Crippen LogP contribution is 2.34. The van der Waals surface area contributed by atoms with Crippen LogP contribution in [0.4, 0.5) is 0 Å². The predicted octanol–water partition coefficient (Wildman–Crippen LogP) is 5.40. The van der Waals surface area contributed by atoms with E-state index < -0.39 is 65.4 Å². The van der Waals surface area contributed by atoms with Gasteiger partial charge in [0, 0.05) is 57.6 Å². The Morgan fingerprint density at radius 3 is 2.13 bits per heavy atom. The number of thioether (sulfide) groups is 1. The van der Waals surface area contributed by atoms with E-state index in [9.17, 15) is 38.7 Å². The van der Waals surface area contributed by atoms with Crippen LogP contribution in [0.1, 0.15) is 98.6 Å². The van der Waals surface area contributed by atoms with E-state index in [1.807, 2.05) is 51.1 Å². The zero-order chi connectivity index (χ0) is 49.5. The molecule has 0 spiro atoms. The Kier molecular flexibility index (Phi) is 18.3. The quantitative estimate of drug-likeness (QED) is 0.176. The summed E-state index contributed by atoms with van der Waals surface area (Å²) in [4.78, 5) is 109. The van der Waals surface area contributed by atoms with Gasteiger partial charge in [-0.05, 0) is 83.6 Å². The normalized spacial score (nSPS) is 21.3. The molecular weight excluding hydrogens is 939 g/mol. The molecule has 3 heterocycles. The maximum absolute atomic E-state index is 14.9. The number of benzene rings is 2. The topological polar surface area (TPSA) is 189 Å². The first-order valence-corrected chi connectivity index (χ1v) is 25.3. The van der Waals surface area contributed by atoms with Crippen LogP contribution in [0.15, 0.2) is 58.0 Å². The third-order valence-corrected chi connectivity index (χ3v) is 14.7. The van der Waals surface area contributed by atoms with Gasteiger partial charge in [-0.3, -0.25) is 38.6 Å². The molecule has 15 nitrogen and oxygen atoms in total. The van der Waals surface area contributed by atoms with Crippen molar-refractivity contribution in [1.82, 2.24) is 30.2 Å². The van der Waals surface area contributed by atoms with E-state index in [-0.39, 0.29) is 59.7 Å². The van der Waals surface area contributed by atoms with Gasteiger partial charge in [-0.2, -0.15) is 0 Å². The summed E-state index contributed by atoms with van der Waals surface area (Å²) >= 11 is 4.76. The summed E-state index contributed by atoms with van der Waals surface area (Å²) in [6.07, 6.45) is 2.84. The number of hydrogen-bond acceptors (Lipinski definition) is 10. The first-order valence-electron chi connectivity index (χ1n) is 23.5. The summed E-state index contributed by atoms with van der Waals surface area (Å²) < 4.78 is 0.439. The zero-order valence-corrected chi connectivity index (χ0v) is 43.1. The molecule has 2 aromatic rings. The number of phenolic OH excluding ortho intramolecular Hbond substituents is 1. The second kappa shape index (κ2) is 23.0. The Morgan fingerprint density at radius 1 is 0.896 bits per heavy atom. The third-order valence-electron chi connectivity index (χ3n) is 12.9. The van der Waals surface area contributed by atoms with E-state index in [0.717, 1.165) is 5.56 Å². The molecule has 2 fully saturated rings. The van der Waals surface area contributed by atoms with E-state index in [2.05, 4.69) is 26.6 Å². The van der Waals surface area contributed by atoms with Crippen LogP contribution in [-0.2, 0) is 46.4 Å². The van der Waals surface area contributed by atoms with Gasteiger partial charge in [0.25, 0.3) is 0 Å². The van der Waals surface area contributed by atoms with E-state index in [1.54, 1.807) is 70.6 Å². The smallest absolute Gasteiger partial charge is 0.246 e. The zero-order valence-electron chi connectivity index (χ0n) is 40.7. The standard InChI is InChI=1S/C50H70BrN7O8S/c1-11-41(59)37-18-15-21-57(37)47(64)39(25-32-16-13-12-14-17-32)56(10)46(63)35(22-29(2)3)53-43(61)36-28-67-44(54-36)38-23-30(4)27-58(38)48(65)40(26-33-19-20-42(60)34(51)24-33)55(9)45(62)31(5)52-49(66)50(6,7)8/h12-14,16-17,19-20,24,29-31,35-40,60H,11,15,18,21-23,25-28H2,1-10H3,(H,52,66)(H,53,61). The lowest BCUT2D eigenvalue weighted by Gasteiger charge is -2.35. The molecule has 0 bridgehead atoms. The Hall–Kier alpha value is -4.77. The molecule has 2 aromatic carbocycles. The summed E-state index contributed by atoms with van der Waals surface area (Å²) in [7, 11) is 3.15. The summed E-state index contributed by atoms with van der Waals surface area (Å²) in [6.45, 7) is 15.4. The van der Waals surface area contributed by atoms with Crippen molar-refractivity contribution in [2.75, 3.05) is 32.9 Å². The molecule has 2 saturated heterocycles. The highest BCUT2D eigenvalue weighted by atomic mass is 79.9. The van der Waals surface area contributed by atoms with E-state index in [1.165, 1.54) is 27.6 Å². The highest BCUT2D eigenvalue weighted by molar-refractivity contribution is 9.10. The summed E-state index contributed by atoms with van der Waals surface area (Å²) in [6, 6.07) is 8.73. The number of amides is 6. The second-order valence-electron chi connectivity index (χ2n) is 19.9. The van der Waals surface area contributed by atoms with Gasteiger partial charge in [0.15, 0.2) is 5.78 Å². The molecule has 3 aliphatic rings. The van der Waals surface area contributed by atoms with Gasteiger partial charge in [0.1, 0.15) is 36.0 Å². The average molecular weight is 1010 g/mol. The molecule has 0 saturated carbocycles. The van der Waals surface area contributed by atoms with Gasteiger partial charge in [-0.15, -0.1) is 11.8 Å². The SMILES string of the molecule is CCC(=O)C1CCCN1C(=O)C(Cc1ccccc1)N(C)C(=O)C(CC(C)C)NC(=O)C1CSC(C2CC(C)CN2C(=O)C(Cc2ccc(O)c(Br)c2)N(C)C(=O)C(C)NC(=O)C(C)(C)C)=N1. The lowest BCUT2D eigenvalue weighted by molar-refractivity contribution is -0.148. The van der Waals surface area contributed by atoms with Crippen LogP contribution < -0.4 is 10.6 Å². The fourth-order valence-electron chi connectivity index (χ4n) is 9.03. The number of carbonyl (C=O) groups excluding carboxylic acids is 7. The predicted molar refractivity (Wildman–Crippen MR) is 264 cm³/mol. The second-order valence-corrected chi connectivity index (χ2v) is 21.8. The molecule has 6 amide bonds. The molecular formula is C50H70BrN7O8S. The van der Waals surface area contributed by atoms with Crippen LogP contribution >= 0.6 is 27.7 Å². The van der Waals surface area contributed by atoms with Crippen LogP contribution in [0, 0.1) is 17.3 Å². The van der Waals surface area contributed by atoms with E-state index in [0.29, 0.717) is 60.3 Å². The lowest BCUT2D eigenvalue weighted by Crippen LogP contribution is -2.57. The molecule has 0 aliphatic carbocycles. The van der Waals surface area contributed by atoms with Crippen molar-refractivity contribution < 1.29 is 38.7 Å². The van der Waals surface area contributed by atoms with Crippen LogP contribution in [0.25, 0.3) is 0 Å². The van der Waals surface area contributed by atoms with E-state index in [4.69, 9.17) is 4.99 Å². The van der Waals surface area contributed by atoms with Crippen molar-refractivity contribution in [1.29, 1.82) is 0 Å². The van der Waals surface area contributed by atoms with Crippen molar-refractivity contribution in [3.63, 3.8) is 0 Å². The number of likely N-dealkylation sites (N-methyl/N-ethyl adjacent to an activating group) is 2. The number of nitrogens with zero attached hydrogens (tertiary/aromatic N) is 5.